The minimum atomic E-state index is 0.369. The lowest BCUT2D eigenvalue weighted by atomic mass is 9.97. The van der Waals surface area contributed by atoms with E-state index in [9.17, 15) is 0 Å². The standard InChI is InChI=1S/C10H19N3/c1-10(2,3)7-11-5-4-9-6-12-8-13-9/h6,8,11H,4-5,7H2,1-3H3,(H,12,13). The molecule has 0 saturated carbocycles. The Morgan fingerprint density at radius 1 is 1.46 bits per heavy atom. The van der Waals surface area contributed by atoms with Crippen LogP contribution in [0, 0.1) is 5.41 Å². The van der Waals surface area contributed by atoms with Crippen molar-refractivity contribution in [1.82, 2.24) is 15.3 Å². The minimum absolute atomic E-state index is 0.369. The van der Waals surface area contributed by atoms with Gasteiger partial charge < -0.3 is 10.3 Å². The summed E-state index contributed by atoms with van der Waals surface area (Å²) in [6.45, 7) is 8.77. The van der Waals surface area contributed by atoms with Gasteiger partial charge in [0, 0.05) is 31.4 Å². The van der Waals surface area contributed by atoms with Gasteiger partial charge in [-0.2, -0.15) is 0 Å². The van der Waals surface area contributed by atoms with Crippen LogP contribution in [0.5, 0.6) is 0 Å². The van der Waals surface area contributed by atoms with Crippen LogP contribution in [0.2, 0.25) is 0 Å². The van der Waals surface area contributed by atoms with Crippen molar-refractivity contribution in [2.75, 3.05) is 13.1 Å². The molecule has 0 unspecified atom stereocenters. The summed E-state index contributed by atoms with van der Waals surface area (Å²) in [5, 5.41) is 3.42. The fourth-order valence-electron chi connectivity index (χ4n) is 1.11. The fourth-order valence-corrected chi connectivity index (χ4v) is 1.11. The summed E-state index contributed by atoms with van der Waals surface area (Å²) in [5.41, 5.74) is 1.56. The maximum atomic E-state index is 3.97. The Morgan fingerprint density at radius 3 is 2.77 bits per heavy atom. The molecule has 0 atom stereocenters. The number of rotatable bonds is 4. The van der Waals surface area contributed by atoms with Crippen LogP contribution in [0.15, 0.2) is 12.5 Å². The monoisotopic (exact) mass is 181 g/mol. The maximum absolute atomic E-state index is 3.97. The van der Waals surface area contributed by atoms with Gasteiger partial charge >= 0.3 is 0 Å². The van der Waals surface area contributed by atoms with Crippen molar-refractivity contribution >= 4 is 0 Å². The van der Waals surface area contributed by atoms with Crippen LogP contribution in [0.4, 0.5) is 0 Å². The van der Waals surface area contributed by atoms with Gasteiger partial charge in [0.25, 0.3) is 0 Å². The number of imidazole rings is 1. The van der Waals surface area contributed by atoms with E-state index in [1.54, 1.807) is 6.33 Å². The molecule has 2 N–H and O–H groups in total. The largest absolute Gasteiger partial charge is 0.348 e. The van der Waals surface area contributed by atoms with Gasteiger partial charge in [-0.25, -0.2) is 4.98 Å². The minimum Gasteiger partial charge on any atom is -0.348 e. The predicted molar refractivity (Wildman–Crippen MR) is 54.6 cm³/mol. The molecule has 0 aliphatic rings. The predicted octanol–water partition coefficient (Wildman–Crippen LogP) is 1.59. The molecule has 0 bridgehead atoms. The van der Waals surface area contributed by atoms with Crippen molar-refractivity contribution in [3.05, 3.63) is 18.2 Å². The summed E-state index contributed by atoms with van der Waals surface area (Å²) in [6.07, 6.45) is 4.62. The van der Waals surface area contributed by atoms with E-state index in [2.05, 4.69) is 36.1 Å². The SMILES string of the molecule is CC(C)(C)CNCCc1cnc[nH]1. The van der Waals surface area contributed by atoms with Gasteiger partial charge in [-0.1, -0.05) is 20.8 Å². The first-order chi connectivity index (χ1) is 6.08. The van der Waals surface area contributed by atoms with Crippen LogP contribution in [0.3, 0.4) is 0 Å². The zero-order valence-corrected chi connectivity index (χ0v) is 8.72. The first kappa shape index (κ1) is 10.3. The van der Waals surface area contributed by atoms with Crippen molar-refractivity contribution in [3.8, 4) is 0 Å². The van der Waals surface area contributed by atoms with E-state index in [0.717, 1.165) is 19.5 Å². The van der Waals surface area contributed by atoms with Crippen LogP contribution in [0.25, 0.3) is 0 Å². The zero-order valence-electron chi connectivity index (χ0n) is 8.72. The Hall–Kier alpha value is -0.830. The molecule has 1 rings (SSSR count). The third-order valence-corrected chi connectivity index (χ3v) is 1.78. The van der Waals surface area contributed by atoms with Crippen molar-refractivity contribution in [2.45, 2.75) is 27.2 Å². The molecule has 1 aromatic heterocycles. The number of nitrogens with zero attached hydrogens (tertiary/aromatic N) is 1. The second-order valence-corrected chi connectivity index (χ2v) is 4.56. The molecule has 0 aliphatic heterocycles. The number of hydrogen-bond acceptors (Lipinski definition) is 2. The normalized spacial score (nSPS) is 11.9. The smallest absolute Gasteiger partial charge is 0.0921 e. The third kappa shape index (κ3) is 4.68. The number of nitrogens with one attached hydrogen (secondary N) is 2. The summed E-state index contributed by atoms with van der Waals surface area (Å²) in [7, 11) is 0. The molecule has 1 heterocycles. The second kappa shape index (κ2) is 4.42. The lowest BCUT2D eigenvalue weighted by molar-refractivity contribution is 0.381. The van der Waals surface area contributed by atoms with Gasteiger partial charge in [0.15, 0.2) is 0 Å². The van der Waals surface area contributed by atoms with E-state index < -0.39 is 0 Å². The van der Waals surface area contributed by atoms with Crippen LogP contribution in [0.1, 0.15) is 26.5 Å². The number of H-pyrrole nitrogens is 1. The van der Waals surface area contributed by atoms with E-state index in [0.29, 0.717) is 5.41 Å². The molecule has 1 aromatic rings. The average molecular weight is 181 g/mol. The van der Waals surface area contributed by atoms with Crippen LogP contribution >= 0.6 is 0 Å². The molecule has 3 heteroatoms. The van der Waals surface area contributed by atoms with E-state index >= 15 is 0 Å². The topological polar surface area (TPSA) is 40.7 Å². The lowest BCUT2D eigenvalue weighted by Gasteiger charge is -2.18. The number of aromatic amines is 1. The molecule has 3 nitrogen and oxygen atoms in total. The number of aromatic nitrogens is 2. The van der Waals surface area contributed by atoms with Crippen LogP contribution in [-0.2, 0) is 6.42 Å². The van der Waals surface area contributed by atoms with Gasteiger partial charge in [-0.05, 0) is 5.41 Å². The molecule has 0 spiro atoms. The van der Waals surface area contributed by atoms with Crippen molar-refractivity contribution < 1.29 is 0 Å². The lowest BCUT2D eigenvalue weighted by Crippen LogP contribution is -2.28. The Kier molecular flexibility index (Phi) is 3.48. The zero-order chi connectivity index (χ0) is 9.73. The molecular formula is C10H19N3. The first-order valence-electron chi connectivity index (χ1n) is 4.76. The van der Waals surface area contributed by atoms with Gasteiger partial charge in [0.05, 0.1) is 6.33 Å². The summed E-state index contributed by atoms with van der Waals surface area (Å²) in [5.74, 6) is 0. The Bertz CT molecular complexity index is 221. The summed E-state index contributed by atoms with van der Waals surface area (Å²) >= 11 is 0. The van der Waals surface area contributed by atoms with Crippen molar-refractivity contribution in [1.29, 1.82) is 0 Å². The third-order valence-electron chi connectivity index (χ3n) is 1.78. The highest BCUT2D eigenvalue weighted by molar-refractivity contribution is 4.94. The average Bonchev–Trinajstić information content (AvgIpc) is 2.48. The Morgan fingerprint density at radius 2 is 2.23 bits per heavy atom. The van der Waals surface area contributed by atoms with Crippen LogP contribution in [-0.4, -0.2) is 23.1 Å². The molecule has 13 heavy (non-hydrogen) atoms. The summed E-state index contributed by atoms with van der Waals surface area (Å²) in [6, 6.07) is 0. The summed E-state index contributed by atoms with van der Waals surface area (Å²) in [4.78, 5) is 7.05. The first-order valence-corrected chi connectivity index (χ1v) is 4.76. The fraction of sp³-hybridized carbons (Fsp3) is 0.700. The van der Waals surface area contributed by atoms with Crippen molar-refractivity contribution in [3.63, 3.8) is 0 Å². The van der Waals surface area contributed by atoms with Gasteiger partial charge in [0.1, 0.15) is 0 Å². The molecule has 0 radical (unpaired) electrons. The molecule has 0 aliphatic carbocycles. The van der Waals surface area contributed by atoms with E-state index in [4.69, 9.17) is 0 Å². The second-order valence-electron chi connectivity index (χ2n) is 4.56. The molecular weight excluding hydrogens is 162 g/mol. The molecule has 74 valence electrons. The van der Waals surface area contributed by atoms with Crippen molar-refractivity contribution in [2.24, 2.45) is 5.41 Å². The van der Waals surface area contributed by atoms with Gasteiger partial charge in [-0.3, -0.25) is 0 Å². The molecule has 0 saturated heterocycles. The van der Waals surface area contributed by atoms with E-state index in [-0.39, 0.29) is 0 Å². The van der Waals surface area contributed by atoms with Crippen LogP contribution < -0.4 is 5.32 Å². The Labute approximate surface area is 80.0 Å². The quantitative estimate of drug-likeness (QED) is 0.692. The molecule has 0 aromatic carbocycles. The maximum Gasteiger partial charge on any atom is 0.0921 e. The number of hydrogen-bond donors (Lipinski definition) is 2. The molecule has 0 fully saturated rings. The molecule has 0 amide bonds. The van der Waals surface area contributed by atoms with Gasteiger partial charge in [0.2, 0.25) is 0 Å². The highest BCUT2D eigenvalue weighted by Gasteiger charge is 2.08. The van der Waals surface area contributed by atoms with E-state index in [1.165, 1.54) is 5.69 Å². The highest BCUT2D eigenvalue weighted by Crippen LogP contribution is 2.09. The summed E-state index contributed by atoms with van der Waals surface area (Å²) < 4.78 is 0. The Balaban J connectivity index is 2.09. The highest BCUT2D eigenvalue weighted by atomic mass is 14.9. The van der Waals surface area contributed by atoms with Gasteiger partial charge in [-0.15, -0.1) is 0 Å². The van der Waals surface area contributed by atoms with E-state index in [1.807, 2.05) is 6.20 Å².